The first kappa shape index (κ1) is 25.7. The van der Waals surface area contributed by atoms with Crippen molar-refractivity contribution in [2.24, 2.45) is 0 Å². The highest BCUT2D eigenvalue weighted by molar-refractivity contribution is 5.84. The normalized spacial score (nSPS) is 13.6. The Balaban J connectivity index is 1.84. The zero-order valence-corrected chi connectivity index (χ0v) is 23.0. The average molecular weight is 467 g/mol. The maximum absolute atomic E-state index is 2.58. The van der Waals surface area contributed by atoms with Crippen LogP contribution in [0.4, 0.5) is 0 Å². The van der Waals surface area contributed by atoms with E-state index >= 15 is 0 Å². The van der Waals surface area contributed by atoms with Crippen molar-refractivity contribution < 1.29 is 0 Å². The standard InChI is InChI=1S/C35H46/c1-6-9-11-13-15-28-23-29(16-14-12-10-7-2)25-30(24-28)35(8-3)33-21-26(4)17-19-31(33)32-20-18-27(5)22-34(32)35/h17-25H,6-16H2,1-5H3. The largest absolute Gasteiger partial charge is 0.0654 e. The van der Waals surface area contributed by atoms with Gasteiger partial charge in [0.2, 0.25) is 0 Å². The van der Waals surface area contributed by atoms with Crippen LogP contribution in [-0.2, 0) is 18.3 Å². The molecule has 0 heterocycles. The summed E-state index contributed by atoms with van der Waals surface area (Å²) in [6, 6.07) is 22.0. The topological polar surface area (TPSA) is 0 Å². The lowest BCUT2D eigenvalue weighted by atomic mass is 9.69. The van der Waals surface area contributed by atoms with E-state index in [9.17, 15) is 0 Å². The van der Waals surface area contributed by atoms with E-state index < -0.39 is 0 Å². The molecule has 0 unspecified atom stereocenters. The third-order valence-electron chi connectivity index (χ3n) is 8.27. The number of fused-ring (bicyclic) bond motifs is 3. The fourth-order valence-electron chi connectivity index (χ4n) is 6.34. The molecule has 0 heteroatoms. The first-order chi connectivity index (χ1) is 17.0. The van der Waals surface area contributed by atoms with Crippen LogP contribution >= 0.6 is 0 Å². The summed E-state index contributed by atoms with van der Waals surface area (Å²) in [5.74, 6) is 0. The molecule has 3 aromatic rings. The third-order valence-corrected chi connectivity index (χ3v) is 8.27. The molecule has 0 radical (unpaired) electrons. The van der Waals surface area contributed by atoms with Crippen LogP contribution in [0, 0.1) is 13.8 Å². The van der Waals surface area contributed by atoms with Gasteiger partial charge < -0.3 is 0 Å². The molecule has 0 amide bonds. The predicted molar refractivity (Wildman–Crippen MR) is 154 cm³/mol. The molecule has 0 aromatic heterocycles. The molecule has 0 nitrogen and oxygen atoms in total. The molecule has 4 rings (SSSR count). The van der Waals surface area contributed by atoms with Crippen molar-refractivity contribution >= 4 is 0 Å². The van der Waals surface area contributed by atoms with E-state index in [1.807, 2.05) is 0 Å². The number of hydrogen-bond donors (Lipinski definition) is 0. The van der Waals surface area contributed by atoms with Crippen molar-refractivity contribution in [3.8, 4) is 11.1 Å². The summed E-state index contributed by atoms with van der Waals surface area (Å²) in [5.41, 5.74) is 13.2. The van der Waals surface area contributed by atoms with Crippen molar-refractivity contribution in [2.45, 2.75) is 111 Å². The highest BCUT2D eigenvalue weighted by atomic mass is 14.5. The fourth-order valence-corrected chi connectivity index (χ4v) is 6.34. The van der Waals surface area contributed by atoms with E-state index in [4.69, 9.17) is 0 Å². The Hall–Kier alpha value is -2.34. The Morgan fingerprint density at radius 1 is 0.543 bits per heavy atom. The van der Waals surface area contributed by atoms with Gasteiger partial charge in [0.05, 0.1) is 0 Å². The van der Waals surface area contributed by atoms with Crippen LogP contribution in [0.5, 0.6) is 0 Å². The second-order valence-corrected chi connectivity index (χ2v) is 11.0. The van der Waals surface area contributed by atoms with Gasteiger partial charge in [0.15, 0.2) is 0 Å². The van der Waals surface area contributed by atoms with Gasteiger partial charge in [-0.2, -0.15) is 0 Å². The summed E-state index contributed by atoms with van der Waals surface area (Å²) < 4.78 is 0. The SMILES string of the molecule is CCCCCCc1cc(CCCCCC)cc(C2(CC)c3cc(C)ccc3-c3ccc(C)cc32)c1. The number of aryl methyl sites for hydroxylation is 4. The van der Waals surface area contributed by atoms with E-state index in [0.717, 1.165) is 6.42 Å². The van der Waals surface area contributed by atoms with Crippen molar-refractivity contribution in [1.82, 2.24) is 0 Å². The van der Waals surface area contributed by atoms with Crippen LogP contribution in [0.1, 0.15) is 118 Å². The molecular weight excluding hydrogens is 420 g/mol. The molecule has 0 saturated carbocycles. The van der Waals surface area contributed by atoms with Crippen molar-refractivity contribution in [1.29, 1.82) is 0 Å². The lowest BCUT2D eigenvalue weighted by Crippen LogP contribution is -2.26. The lowest BCUT2D eigenvalue weighted by Gasteiger charge is -2.33. The molecule has 0 bridgehead atoms. The molecular formula is C35H46. The summed E-state index contributed by atoms with van der Waals surface area (Å²) in [5, 5.41) is 0. The maximum Gasteiger partial charge on any atom is 0.0461 e. The van der Waals surface area contributed by atoms with Gasteiger partial charge >= 0.3 is 0 Å². The van der Waals surface area contributed by atoms with E-state index in [1.54, 1.807) is 11.1 Å². The highest BCUT2D eigenvalue weighted by Crippen LogP contribution is 2.55. The molecule has 3 aromatic carbocycles. The second kappa shape index (κ2) is 11.6. The van der Waals surface area contributed by atoms with Crippen LogP contribution in [0.25, 0.3) is 11.1 Å². The molecule has 0 aliphatic heterocycles. The molecule has 0 atom stereocenters. The fraction of sp³-hybridized carbons (Fsp3) is 0.486. The first-order valence-corrected chi connectivity index (χ1v) is 14.4. The third kappa shape index (κ3) is 5.28. The molecule has 0 N–H and O–H groups in total. The van der Waals surface area contributed by atoms with Crippen LogP contribution in [0.2, 0.25) is 0 Å². The molecule has 1 aliphatic carbocycles. The minimum Gasteiger partial charge on any atom is -0.0654 e. The van der Waals surface area contributed by atoms with Gasteiger partial charge in [-0.25, -0.2) is 0 Å². The zero-order chi connectivity index (χ0) is 24.8. The molecule has 1 aliphatic rings. The smallest absolute Gasteiger partial charge is 0.0461 e. The Bertz CT molecular complexity index is 1050. The summed E-state index contributed by atoms with van der Waals surface area (Å²) in [7, 11) is 0. The van der Waals surface area contributed by atoms with Gasteiger partial charge in [0.25, 0.3) is 0 Å². The molecule has 186 valence electrons. The van der Waals surface area contributed by atoms with E-state index in [-0.39, 0.29) is 5.41 Å². The van der Waals surface area contributed by atoms with Crippen LogP contribution in [0.15, 0.2) is 54.6 Å². The summed E-state index contributed by atoms with van der Waals surface area (Å²) >= 11 is 0. The van der Waals surface area contributed by atoms with Gasteiger partial charge in [0.1, 0.15) is 0 Å². The lowest BCUT2D eigenvalue weighted by molar-refractivity contribution is 0.603. The summed E-state index contributed by atoms with van der Waals surface area (Å²) in [4.78, 5) is 0. The van der Waals surface area contributed by atoms with Crippen molar-refractivity contribution in [3.63, 3.8) is 0 Å². The monoisotopic (exact) mass is 466 g/mol. The summed E-state index contributed by atoms with van der Waals surface area (Å²) in [6.45, 7) is 11.5. The summed E-state index contributed by atoms with van der Waals surface area (Å²) in [6.07, 6.45) is 14.1. The Morgan fingerprint density at radius 2 is 1.03 bits per heavy atom. The minimum absolute atomic E-state index is 0.0553. The number of benzene rings is 3. The van der Waals surface area contributed by atoms with Gasteiger partial charge in [-0.05, 0) is 84.9 Å². The number of hydrogen-bond acceptors (Lipinski definition) is 0. The highest BCUT2D eigenvalue weighted by Gasteiger charge is 2.43. The van der Waals surface area contributed by atoms with E-state index in [0.29, 0.717) is 0 Å². The molecule has 35 heavy (non-hydrogen) atoms. The molecule has 0 spiro atoms. The van der Waals surface area contributed by atoms with E-state index in [2.05, 4.69) is 89.2 Å². The Kier molecular flexibility index (Phi) is 8.53. The predicted octanol–water partition coefficient (Wildman–Crippen LogP) is 10.3. The molecule has 0 fully saturated rings. The van der Waals surface area contributed by atoms with Gasteiger partial charge in [-0.3, -0.25) is 0 Å². The second-order valence-electron chi connectivity index (χ2n) is 11.0. The Morgan fingerprint density at radius 3 is 1.46 bits per heavy atom. The van der Waals surface area contributed by atoms with Crippen molar-refractivity contribution in [2.75, 3.05) is 0 Å². The van der Waals surface area contributed by atoms with Crippen LogP contribution in [0.3, 0.4) is 0 Å². The van der Waals surface area contributed by atoms with Gasteiger partial charge in [-0.1, -0.05) is 125 Å². The van der Waals surface area contributed by atoms with Crippen molar-refractivity contribution in [3.05, 3.63) is 93.5 Å². The maximum atomic E-state index is 2.58. The average Bonchev–Trinajstić information content (AvgIpc) is 3.13. The quantitative estimate of drug-likeness (QED) is 0.233. The number of unbranched alkanes of at least 4 members (excludes halogenated alkanes) is 6. The number of rotatable bonds is 12. The van der Waals surface area contributed by atoms with Crippen LogP contribution < -0.4 is 0 Å². The Labute approximate surface area is 215 Å². The first-order valence-electron chi connectivity index (χ1n) is 14.4. The zero-order valence-electron chi connectivity index (χ0n) is 23.0. The van der Waals surface area contributed by atoms with Gasteiger partial charge in [0, 0.05) is 5.41 Å². The van der Waals surface area contributed by atoms with Crippen LogP contribution in [-0.4, -0.2) is 0 Å². The molecule has 0 saturated heterocycles. The minimum atomic E-state index is -0.0553. The van der Waals surface area contributed by atoms with E-state index in [1.165, 1.54) is 103 Å². The van der Waals surface area contributed by atoms with Gasteiger partial charge in [-0.15, -0.1) is 0 Å².